The van der Waals surface area contributed by atoms with Crippen molar-refractivity contribution in [1.82, 2.24) is 19.6 Å². The summed E-state index contributed by atoms with van der Waals surface area (Å²) in [5.74, 6) is 0. The number of aliphatic hydroxyl groups is 2. The minimum absolute atomic E-state index is 0.0764. The molecule has 76 valence electrons. The van der Waals surface area contributed by atoms with Crippen molar-refractivity contribution in [3.05, 3.63) is 36.9 Å². The van der Waals surface area contributed by atoms with Gasteiger partial charge in [0.2, 0.25) is 0 Å². The second kappa shape index (κ2) is 5.90. The molecule has 0 radical (unpaired) electrons. The fraction of sp³-hybridized carbons (Fsp3) is 0.250. The summed E-state index contributed by atoms with van der Waals surface area (Å²) in [5, 5.41) is 23.6. The third-order valence-electron chi connectivity index (χ3n) is 1.45. The molecule has 0 fully saturated rings. The molecule has 0 spiro atoms. The molecule has 0 aliphatic rings. The lowest BCUT2D eigenvalue weighted by Crippen LogP contribution is -1.95. The Morgan fingerprint density at radius 3 is 2.00 bits per heavy atom. The monoisotopic (exact) mass is 196 g/mol. The van der Waals surface area contributed by atoms with E-state index in [1.807, 2.05) is 12.1 Å². The largest absolute Gasteiger partial charge is 0.376 e. The molecule has 2 rings (SSSR count). The molecular weight excluding hydrogens is 184 g/mol. The smallest absolute Gasteiger partial charge is 0.137 e. The Kier molecular flexibility index (Phi) is 4.39. The standard InChI is InChI=1S/C5H7NO.C3H5N3O/c7-5-6-3-1-2-4-6;7-3-6-2-1-4-5-6/h1-4,7H,5H2;1-2,7H,3H2. The van der Waals surface area contributed by atoms with Crippen LogP contribution in [0.2, 0.25) is 0 Å². The van der Waals surface area contributed by atoms with Gasteiger partial charge in [-0.15, -0.1) is 5.10 Å². The van der Waals surface area contributed by atoms with Gasteiger partial charge in [0.1, 0.15) is 13.5 Å². The topological polar surface area (TPSA) is 76.1 Å². The highest BCUT2D eigenvalue weighted by atomic mass is 16.3. The Bertz CT molecular complexity index is 283. The Balaban J connectivity index is 0.000000140. The number of nitrogens with zero attached hydrogens (tertiary/aromatic N) is 4. The van der Waals surface area contributed by atoms with Crippen LogP contribution in [0.3, 0.4) is 0 Å². The van der Waals surface area contributed by atoms with Gasteiger partial charge in [0.05, 0.1) is 6.20 Å². The minimum Gasteiger partial charge on any atom is -0.376 e. The minimum atomic E-state index is -0.0972. The van der Waals surface area contributed by atoms with E-state index >= 15 is 0 Å². The first-order valence-corrected chi connectivity index (χ1v) is 4.03. The summed E-state index contributed by atoms with van der Waals surface area (Å²) in [7, 11) is 0. The first kappa shape index (κ1) is 10.4. The SMILES string of the molecule is OCn1cccc1.OCn1ccnn1. The zero-order valence-corrected chi connectivity index (χ0v) is 7.56. The van der Waals surface area contributed by atoms with Gasteiger partial charge >= 0.3 is 0 Å². The van der Waals surface area contributed by atoms with Gasteiger partial charge in [-0.25, -0.2) is 4.68 Å². The van der Waals surface area contributed by atoms with Gasteiger partial charge < -0.3 is 14.8 Å². The highest BCUT2D eigenvalue weighted by molar-refractivity contribution is 4.89. The maximum absolute atomic E-state index is 8.39. The van der Waals surface area contributed by atoms with E-state index in [0.29, 0.717) is 0 Å². The normalized spacial score (nSPS) is 9.29. The Hall–Kier alpha value is -1.66. The molecular formula is C8H12N4O2. The van der Waals surface area contributed by atoms with Crippen molar-refractivity contribution in [2.45, 2.75) is 13.5 Å². The highest BCUT2D eigenvalue weighted by Gasteiger charge is 1.80. The zero-order chi connectivity index (χ0) is 10.2. The maximum Gasteiger partial charge on any atom is 0.137 e. The number of aliphatic hydroxyl groups excluding tert-OH is 2. The molecule has 0 saturated heterocycles. The molecule has 0 saturated carbocycles. The van der Waals surface area contributed by atoms with E-state index in [9.17, 15) is 0 Å². The van der Waals surface area contributed by atoms with Crippen LogP contribution in [0.15, 0.2) is 36.9 Å². The lowest BCUT2D eigenvalue weighted by atomic mass is 10.7. The summed E-state index contributed by atoms with van der Waals surface area (Å²) in [6.45, 7) is -0.0208. The highest BCUT2D eigenvalue weighted by Crippen LogP contribution is 1.84. The number of rotatable bonds is 2. The summed E-state index contributed by atoms with van der Waals surface area (Å²) >= 11 is 0. The summed E-state index contributed by atoms with van der Waals surface area (Å²) in [6.07, 6.45) is 6.70. The molecule has 14 heavy (non-hydrogen) atoms. The lowest BCUT2D eigenvalue weighted by molar-refractivity contribution is 0.192. The third kappa shape index (κ3) is 3.38. The molecule has 6 nitrogen and oxygen atoms in total. The van der Waals surface area contributed by atoms with Gasteiger partial charge in [0.15, 0.2) is 0 Å². The quantitative estimate of drug-likeness (QED) is 0.689. The fourth-order valence-electron chi connectivity index (χ4n) is 0.773. The van der Waals surface area contributed by atoms with Crippen molar-refractivity contribution in [2.24, 2.45) is 0 Å². The van der Waals surface area contributed by atoms with Crippen LogP contribution in [-0.2, 0) is 13.5 Å². The molecule has 0 bridgehead atoms. The zero-order valence-electron chi connectivity index (χ0n) is 7.56. The second-order valence-electron chi connectivity index (χ2n) is 2.42. The van der Waals surface area contributed by atoms with Gasteiger partial charge in [-0.05, 0) is 12.1 Å². The molecule has 0 atom stereocenters. The van der Waals surface area contributed by atoms with Crippen LogP contribution in [0.4, 0.5) is 0 Å². The van der Waals surface area contributed by atoms with Gasteiger partial charge in [0, 0.05) is 18.6 Å². The van der Waals surface area contributed by atoms with Crippen LogP contribution < -0.4 is 0 Å². The molecule has 0 aromatic carbocycles. The van der Waals surface area contributed by atoms with Crippen LogP contribution in [0.25, 0.3) is 0 Å². The second-order valence-corrected chi connectivity index (χ2v) is 2.42. The Morgan fingerprint density at radius 1 is 1.00 bits per heavy atom. The average Bonchev–Trinajstić information content (AvgIpc) is 2.92. The predicted molar refractivity (Wildman–Crippen MR) is 48.9 cm³/mol. The van der Waals surface area contributed by atoms with Gasteiger partial charge in [-0.3, -0.25) is 0 Å². The van der Waals surface area contributed by atoms with Gasteiger partial charge in [-0.1, -0.05) is 5.21 Å². The van der Waals surface area contributed by atoms with Crippen molar-refractivity contribution in [3.8, 4) is 0 Å². The van der Waals surface area contributed by atoms with Crippen molar-refractivity contribution in [1.29, 1.82) is 0 Å². The van der Waals surface area contributed by atoms with E-state index in [2.05, 4.69) is 10.3 Å². The van der Waals surface area contributed by atoms with E-state index in [0.717, 1.165) is 0 Å². The van der Waals surface area contributed by atoms with Crippen molar-refractivity contribution >= 4 is 0 Å². The third-order valence-corrected chi connectivity index (χ3v) is 1.45. The summed E-state index contributed by atoms with van der Waals surface area (Å²) < 4.78 is 3.00. The Labute approximate surface area is 81.0 Å². The molecule has 0 aliphatic heterocycles. The molecule has 6 heteroatoms. The van der Waals surface area contributed by atoms with Crippen LogP contribution >= 0.6 is 0 Å². The number of aromatic nitrogens is 4. The van der Waals surface area contributed by atoms with Crippen LogP contribution in [0.5, 0.6) is 0 Å². The first-order valence-electron chi connectivity index (χ1n) is 4.03. The lowest BCUT2D eigenvalue weighted by Gasteiger charge is -1.89. The molecule has 0 amide bonds. The molecule has 2 N–H and O–H groups in total. The van der Waals surface area contributed by atoms with Crippen LogP contribution in [0, 0.1) is 0 Å². The number of hydrogen-bond acceptors (Lipinski definition) is 4. The summed E-state index contributed by atoms with van der Waals surface area (Å²) in [5.41, 5.74) is 0. The van der Waals surface area contributed by atoms with E-state index in [1.54, 1.807) is 23.2 Å². The molecule has 2 aromatic heterocycles. The predicted octanol–water partition coefficient (Wildman–Crippen LogP) is -0.334. The molecule has 2 aromatic rings. The van der Waals surface area contributed by atoms with Crippen LogP contribution in [0.1, 0.15) is 0 Å². The molecule has 2 heterocycles. The maximum atomic E-state index is 8.39. The van der Waals surface area contributed by atoms with Crippen molar-refractivity contribution in [3.63, 3.8) is 0 Å². The van der Waals surface area contributed by atoms with E-state index < -0.39 is 0 Å². The molecule has 0 unspecified atom stereocenters. The summed E-state index contributed by atoms with van der Waals surface area (Å²) in [4.78, 5) is 0. The average molecular weight is 196 g/mol. The van der Waals surface area contributed by atoms with Gasteiger partial charge in [0.25, 0.3) is 0 Å². The summed E-state index contributed by atoms with van der Waals surface area (Å²) in [6, 6.07) is 3.74. The Morgan fingerprint density at radius 2 is 1.71 bits per heavy atom. The van der Waals surface area contributed by atoms with E-state index in [1.165, 1.54) is 10.9 Å². The van der Waals surface area contributed by atoms with Gasteiger partial charge in [-0.2, -0.15) is 0 Å². The van der Waals surface area contributed by atoms with E-state index in [-0.39, 0.29) is 13.5 Å². The number of hydrogen-bond donors (Lipinski definition) is 2. The molecule has 0 aliphatic carbocycles. The fourth-order valence-corrected chi connectivity index (χ4v) is 0.773. The van der Waals surface area contributed by atoms with Crippen molar-refractivity contribution < 1.29 is 10.2 Å². The van der Waals surface area contributed by atoms with Crippen LogP contribution in [-0.4, -0.2) is 29.8 Å². The van der Waals surface area contributed by atoms with E-state index in [4.69, 9.17) is 10.2 Å². The first-order chi connectivity index (χ1) is 6.86. The van der Waals surface area contributed by atoms with Crippen molar-refractivity contribution in [2.75, 3.05) is 0 Å².